The van der Waals surface area contributed by atoms with Crippen molar-refractivity contribution in [3.05, 3.63) is 62.7 Å². The van der Waals surface area contributed by atoms with Gasteiger partial charge in [-0.25, -0.2) is 13.6 Å². The summed E-state index contributed by atoms with van der Waals surface area (Å²) in [6.45, 7) is 0. The molecule has 2 rings (SSSR count). The topological polar surface area (TPSA) is 66.4 Å². The van der Waals surface area contributed by atoms with Gasteiger partial charge in [0.05, 0.1) is 16.8 Å². The van der Waals surface area contributed by atoms with E-state index in [0.717, 1.165) is 18.2 Å². The van der Waals surface area contributed by atoms with E-state index < -0.39 is 29.1 Å². The highest BCUT2D eigenvalue weighted by Gasteiger charge is 2.17. The third kappa shape index (κ3) is 3.54. The quantitative estimate of drug-likeness (QED) is 0.771. The van der Waals surface area contributed by atoms with E-state index in [4.69, 9.17) is 5.11 Å². The average Bonchev–Trinajstić information content (AvgIpc) is 2.43. The molecule has 0 radical (unpaired) electrons. The van der Waals surface area contributed by atoms with Gasteiger partial charge in [0, 0.05) is 3.57 Å². The van der Waals surface area contributed by atoms with Crippen molar-refractivity contribution in [2.75, 3.05) is 5.32 Å². The normalized spacial score (nSPS) is 10.2. The molecule has 0 heterocycles. The van der Waals surface area contributed by atoms with Gasteiger partial charge in [-0.05, 0) is 59.0 Å². The summed E-state index contributed by atoms with van der Waals surface area (Å²) in [5.41, 5.74) is -0.617. The standard InChI is InChI=1S/C14H8F2INO3/c15-7-1-3-11(16)9(5-7)13(19)18-12-4-2-8(17)6-10(12)14(20)21/h1-6H,(H,18,19)(H,20,21). The molecule has 4 nitrogen and oxygen atoms in total. The van der Waals surface area contributed by atoms with Crippen molar-refractivity contribution in [2.24, 2.45) is 0 Å². The van der Waals surface area contributed by atoms with E-state index in [0.29, 0.717) is 3.57 Å². The maximum atomic E-state index is 13.5. The van der Waals surface area contributed by atoms with Crippen LogP contribution in [0.4, 0.5) is 14.5 Å². The molecule has 0 aliphatic carbocycles. The number of carbonyl (C=O) groups is 2. The van der Waals surface area contributed by atoms with Gasteiger partial charge >= 0.3 is 5.97 Å². The maximum absolute atomic E-state index is 13.5. The Morgan fingerprint density at radius 2 is 1.76 bits per heavy atom. The lowest BCUT2D eigenvalue weighted by Crippen LogP contribution is -2.16. The fourth-order valence-corrected chi connectivity index (χ4v) is 2.15. The van der Waals surface area contributed by atoms with E-state index in [-0.39, 0.29) is 11.3 Å². The first-order chi connectivity index (χ1) is 9.88. The summed E-state index contributed by atoms with van der Waals surface area (Å²) in [6.07, 6.45) is 0. The molecule has 21 heavy (non-hydrogen) atoms. The van der Waals surface area contributed by atoms with Crippen molar-refractivity contribution in [3.63, 3.8) is 0 Å². The number of aromatic carboxylic acids is 1. The average molecular weight is 403 g/mol. The molecule has 0 fully saturated rings. The van der Waals surface area contributed by atoms with Crippen LogP contribution in [0.1, 0.15) is 20.7 Å². The summed E-state index contributed by atoms with van der Waals surface area (Å²) < 4.78 is 27.2. The van der Waals surface area contributed by atoms with Crippen LogP contribution >= 0.6 is 22.6 Å². The summed E-state index contributed by atoms with van der Waals surface area (Å²) in [5, 5.41) is 11.4. The zero-order valence-electron chi connectivity index (χ0n) is 10.4. The zero-order valence-corrected chi connectivity index (χ0v) is 12.5. The maximum Gasteiger partial charge on any atom is 0.337 e. The Balaban J connectivity index is 2.36. The molecule has 2 N–H and O–H groups in total. The molecule has 0 saturated carbocycles. The van der Waals surface area contributed by atoms with Crippen LogP contribution in [-0.4, -0.2) is 17.0 Å². The summed E-state index contributed by atoms with van der Waals surface area (Å²) in [4.78, 5) is 23.1. The van der Waals surface area contributed by atoms with Crippen LogP contribution in [-0.2, 0) is 0 Å². The Morgan fingerprint density at radius 3 is 2.43 bits per heavy atom. The molecule has 0 atom stereocenters. The van der Waals surface area contributed by atoms with E-state index in [9.17, 15) is 18.4 Å². The molecule has 0 saturated heterocycles. The molecular weight excluding hydrogens is 395 g/mol. The molecular formula is C14H8F2INO3. The first-order valence-electron chi connectivity index (χ1n) is 5.67. The molecule has 0 aliphatic rings. The van der Waals surface area contributed by atoms with Crippen LogP contribution in [0.2, 0.25) is 0 Å². The SMILES string of the molecule is O=C(Nc1ccc(I)cc1C(=O)O)c1cc(F)ccc1F. The summed E-state index contributed by atoms with van der Waals surface area (Å²) in [5.74, 6) is -3.81. The molecule has 0 aromatic heterocycles. The van der Waals surface area contributed by atoms with Crippen molar-refractivity contribution in [3.8, 4) is 0 Å². The highest BCUT2D eigenvalue weighted by Crippen LogP contribution is 2.20. The van der Waals surface area contributed by atoms with E-state index in [1.807, 2.05) is 22.6 Å². The van der Waals surface area contributed by atoms with E-state index in [1.54, 1.807) is 6.07 Å². The van der Waals surface area contributed by atoms with Gasteiger partial charge in [0.15, 0.2) is 0 Å². The van der Waals surface area contributed by atoms with E-state index >= 15 is 0 Å². The Kier molecular flexibility index (Phi) is 4.51. The zero-order chi connectivity index (χ0) is 15.6. The minimum Gasteiger partial charge on any atom is -0.478 e. The van der Waals surface area contributed by atoms with Crippen LogP contribution < -0.4 is 5.32 Å². The van der Waals surface area contributed by atoms with Crippen molar-refractivity contribution >= 4 is 40.2 Å². The second kappa shape index (κ2) is 6.17. The molecule has 7 heteroatoms. The minimum absolute atomic E-state index is 0.0107. The molecule has 108 valence electrons. The van der Waals surface area contributed by atoms with Gasteiger partial charge in [-0.3, -0.25) is 4.79 Å². The number of halogens is 3. The Hall–Kier alpha value is -2.03. The van der Waals surface area contributed by atoms with E-state index in [2.05, 4.69) is 5.32 Å². The number of nitrogens with one attached hydrogen (secondary N) is 1. The highest BCUT2D eigenvalue weighted by molar-refractivity contribution is 14.1. The van der Waals surface area contributed by atoms with Gasteiger partial charge in [-0.1, -0.05) is 0 Å². The van der Waals surface area contributed by atoms with Crippen LogP contribution in [0.5, 0.6) is 0 Å². The fourth-order valence-electron chi connectivity index (χ4n) is 1.66. The second-order valence-corrected chi connectivity index (χ2v) is 5.32. The van der Waals surface area contributed by atoms with Gasteiger partial charge in [-0.2, -0.15) is 0 Å². The Labute approximate surface area is 131 Å². The number of hydrogen-bond donors (Lipinski definition) is 2. The largest absolute Gasteiger partial charge is 0.478 e. The first kappa shape index (κ1) is 15.4. The van der Waals surface area contributed by atoms with Crippen LogP contribution in [0, 0.1) is 15.2 Å². The van der Waals surface area contributed by atoms with Gasteiger partial charge in [-0.15, -0.1) is 0 Å². The van der Waals surface area contributed by atoms with Crippen LogP contribution in [0.25, 0.3) is 0 Å². The number of carboxylic acids is 1. The lowest BCUT2D eigenvalue weighted by Gasteiger charge is -2.09. The molecule has 0 unspecified atom stereocenters. The molecule has 0 aliphatic heterocycles. The predicted octanol–water partition coefficient (Wildman–Crippen LogP) is 3.52. The lowest BCUT2D eigenvalue weighted by molar-refractivity contribution is 0.0698. The Morgan fingerprint density at radius 1 is 1.05 bits per heavy atom. The minimum atomic E-state index is -1.23. The molecule has 0 bridgehead atoms. The van der Waals surface area contributed by atoms with Crippen LogP contribution in [0.15, 0.2) is 36.4 Å². The highest BCUT2D eigenvalue weighted by atomic mass is 127. The number of anilines is 1. The van der Waals surface area contributed by atoms with Gasteiger partial charge in [0.25, 0.3) is 5.91 Å². The molecule has 1 amide bonds. The third-order valence-corrected chi connectivity index (χ3v) is 3.30. The summed E-state index contributed by atoms with van der Waals surface area (Å²) >= 11 is 1.92. The number of carboxylic acid groups (broad SMARTS) is 1. The number of hydrogen-bond acceptors (Lipinski definition) is 2. The van der Waals surface area contributed by atoms with Crippen molar-refractivity contribution in [2.45, 2.75) is 0 Å². The number of carbonyl (C=O) groups excluding carboxylic acids is 1. The molecule has 2 aromatic carbocycles. The first-order valence-corrected chi connectivity index (χ1v) is 6.75. The monoisotopic (exact) mass is 403 g/mol. The summed E-state index contributed by atoms with van der Waals surface area (Å²) in [7, 11) is 0. The molecule has 2 aromatic rings. The van der Waals surface area contributed by atoms with Crippen molar-refractivity contribution in [1.29, 1.82) is 0 Å². The number of rotatable bonds is 3. The van der Waals surface area contributed by atoms with Gasteiger partial charge < -0.3 is 10.4 Å². The van der Waals surface area contributed by atoms with E-state index in [1.165, 1.54) is 12.1 Å². The van der Waals surface area contributed by atoms with Gasteiger partial charge in [0.2, 0.25) is 0 Å². The fraction of sp³-hybridized carbons (Fsp3) is 0. The van der Waals surface area contributed by atoms with Crippen LogP contribution in [0.3, 0.4) is 0 Å². The van der Waals surface area contributed by atoms with Crippen molar-refractivity contribution < 1.29 is 23.5 Å². The second-order valence-electron chi connectivity index (χ2n) is 4.07. The lowest BCUT2D eigenvalue weighted by atomic mass is 10.1. The van der Waals surface area contributed by atoms with Gasteiger partial charge in [0.1, 0.15) is 11.6 Å². The summed E-state index contributed by atoms with van der Waals surface area (Å²) in [6, 6.07) is 6.80. The van der Waals surface area contributed by atoms with Crippen molar-refractivity contribution in [1.82, 2.24) is 0 Å². The number of benzene rings is 2. The molecule has 0 spiro atoms. The smallest absolute Gasteiger partial charge is 0.337 e. The third-order valence-electron chi connectivity index (χ3n) is 2.63. The predicted molar refractivity (Wildman–Crippen MR) is 80.4 cm³/mol. The number of amides is 1. The Bertz CT molecular complexity index is 734.